The molecule has 2 rings (SSSR count). The highest BCUT2D eigenvalue weighted by Gasteiger charge is 2.44. The van der Waals surface area contributed by atoms with E-state index in [2.05, 4.69) is 5.16 Å². The minimum absolute atomic E-state index is 0.193. The van der Waals surface area contributed by atoms with Crippen LogP contribution in [0.4, 0.5) is 0 Å². The van der Waals surface area contributed by atoms with Crippen LogP contribution in [0.1, 0.15) is 44.9 Å². The van der Waals surface area contributed by atoms with Crippen LogP contribution < -0.4 is 5.73 Å². The average molecular weight is 212 g/mol. The van der Waals surface area contributed by atoms with Crippen LogP contribution >= 0.6 is 0 Å². The molecule has 0 saturated heterocycles. The summed E-state index contributed by atoms with van der Waals surface area (Å²) in [5, 5.41) is 11.6. The van der Waals surface area contributed by atoms with Gasteiger partial charge in [0, 0.05) is 11.8 Å². The van der Waals surface area contributed by atoms with Crippen LogP contribution in [0, 0.1) is 5.41 Å². The van der Waals surface area contributed by atoms with Gasteiger partial charge in [0.1, 0.15) is 5.84 Å². The zero-order valence-electron chi connectivity index (χ0n) is 9.11. The molecule has 0 amide bonds. The Bertz CT molecular complexity index is 243. The zero-order valence-corrected chi connectivity index (χ0v) is 9.11. The molecule has 2 saturated carbocycles. The SMILES string of the molecule is NC(CC1(COC2CCCC2)CC1)=NO. The third kappa shape index (κ3) is 2.84. The molecule has 0 radical (unpaired) electrons. The number of nitrogens with two attached hydrogens (primary N) is 1. The number of amidine groups is 1. The fourth-order valence-electron chi connectivity index (χ4n) is 2.32. The Morgan fingerprint density at radius 2 is 2.07 bits per heavy atom. The molecule has 86 valence electrons. The summed E-state index contributed by atoms with van der Waals surface area (Å²) in [7, 11) is 0. The fourth-order valence-corrected chi connectivity index (χ4v) is 2.32. The van der Waals surface area contributed by atoms with E-state index < -0.39 is 0 Å². The summed E-state index contributed by atoms with van der Waals surface area (Å²) in [5.74, 6) is 0.336. The van der Waals surface area contributed by atoms with Crippen molar-refractivity contribution in [2.45, 2.75) is 51.0 Å². The van der Waals surface area contributed by atoms with Gasteiger partial charge in [-0.2, -0.15) is 0 Å². The highest BCUT2D eigenvalue weighted by molar-refractivity contribution is 5.80. The van der Waals surface area contributed by atoms with Crippen molar-refractivity contribution in [2.24, 2.45) is 16.3 Å². The summed E-state index contributed by atoms with van der Waals surface area (Å²) < 4.78 is 5.88. The third-order valence-corrected chi connectivity index (χ3v) is 3.57. The first-order valence-electron chi connectivity index (χ1n) is 5.82. The van der Waals surface area contributed by atoms with Crippen molar-refractivity contribution in [2.75, 3.05) is 6.61 Å². The maximum absolute atomic E-state index is 8.53. The predicted octanol–water partition coefficient (Wildman–Crippen LogP) is 1.86. The Labute approximate surface area is 90.5 Å². The van der Waals surface area contributed by atoms with Crippen LogP contribution in [0.5, 0.6) is 0 Å². The zero-order chi connectivity index (χ0) is 10.7. The molecule has 0 atom stereocenters. The lowest BCUT2D eigenvalue weighted by Crippen LogP contribution is -2.23. The largest absolute Gasteiger partial charge is 0.409 e. The molecule has 0 aromatic heterocycles. The molecule has 4 nitrogen and oxygen atoms in total. The average Bonchev–Trinajstić information content (AvgIpc) is 2.81. The standard InChI is InChI=1S/C11H20N2O2/c12-10(13-14)7-11(5-6-11)8-15-9-3-1-2-4-9/h9,14H,1-8H2,(H2,12,13). The van der Waals surface area contributed by atoms with Crippen molar-refractivity contribution >= 4 is 5.84 Å². The van der Waals surface area contributed by atoms with Gasteiger partial charge >= 0.3 is 0 Å². The molecule has 15 heavy (non-hydrogen) atoms. The lowest BCUT2D eigenvalue weighted by molar-refractivity contribution is 0.0279. The first kappa shape index (κ1) is 10.7. The van der Waals surface area contributed by atoms with E-state index in [4.69, 9.17) is 15.7 Å². The smallest absolute Gasteiger partial charge is 0.139 e. The molecule has 4 heteroatoms. The van der Waals surface area contributed by atoms with Gasteiger partial charge in [-0.25, -0.2) is 0 Å². The van der Waals surface area contributed by atoms with E-state index in [1.54, 1.807) is 0 Å². The van der Waals surface area contributed by atoms with Gasteiger partial charge in [-0.05, 0) is 25.7 Å². The van der Waals surface area contributed by atoms with Gasteiger partial charge in [0.15, 0.2) is 0 Å². The molecule has 2 aliphatic rings. The Hall–Kier alpha value is -0.770. The lowest BCUT2D eigenvalue weighted by Gasteiger charge is -2.18. The van der Waals surface area contributed by atoms with Crippen LogP contribution in [-0.2, 0) is 4.74 Å². The maximum Gasteiger partial charge on any atom is 0.139 e. The van der Waals surface area contributed by atoms with Crippen LogP contribution in [0.25, 0.3) is 0 Å². The van der Waals surface area contributed by atoms with E-state index in [1.165, 1.54) is 25.7 Å². The molecule has 0 aliphatic heterocycles. The summed E-state index contributed by atoms with van der Waals surface area (Å²) in [5.41, 5.74) is 5.72. The summed E-state index contributed by atoms with van der Waals surface area (Å²) >= 11 is 0. The third-order valence-electron chi connectivity index (χ3n) is 3.57. The van der Waals surface area contributed by atoms with Crippen molar-refractivity contribution in [3.63, 3.8) is 0 Å². The molecular formula is C11H20N2O2. The van der Waals surface area contributed by atoms with Crippen molar-refractivity contribution in [3.8, 4) is 0 Å². The molecule has 3 N–H and O–H groups in total. The van der Waals surface area contributed by atoms with Crippen molar-refractivity contribution in [1.82, 2.24) is 0 Å². The maximum atomic E-state index is 8.53. The van der Waals surface area contributed by atoms with Crippen molar-refractivity contribution < 1.29 is 9.94 Å². The topological polar surface area (TPSA) is 67.8 Å². The van der Waals surface area contributed by atoms with Crippen molar-refractivity contribution in [1.29, 1.82) is 0 Å². The minimum atomic E-state index is 0.193. The monoisotopic (exact) mass is 212 g/mol. The molecule has 0 unspecified atom stereocenters. The van der Waals surface area contributed by atoms with Crippen LogP contribution in [0.2, 0.25) is 0 Å². The Morgan fingerprint density at radius 3 is 2.60 bits per heavy atom. The highest BCUT2D eigenvalue weighted by atomic mass is 16.5. The summed E-state index contributed by atoms with van der Waals surface area (Å²) in [4.78, 5) is 0. The minimum Gasteiger partial charge on any atom is -0.409 e. The molecule has 0 aromatic rings. The second kappa shape index (κ2) is 4.39. The van der Waals surface area contributed by atoms with E-state index in [9.17, 15) is 0 Å². The molecule has 0 heterocycles. The Balaban J connectivity index is 1.73. The number of hydrogen-bond donors (Lipinski definition) is 2. The molecule has 0 spiro atoms. The fraction of sp³-hybridized carbons (Fsp3) is 0.909. The number of ether oxygens (including phenoxy) is 1. The number of oxime groups is 1. The Kier molecular flexibility index (Phi) is 3.14. The van der Waals surface area contributed by atoms with E-state index in [0.29, 0.717) is 18.4 Å². The second-order valence-corrected chi connectivity index (χ2v) is 4.99. The van der Waals surface area contributed by atoms with Crippen LogP contribution in [0.15, 0.2) is 5.16 Å². The summed E-state index contributed by atoms with van der Waals surface area (Å²) in [6, 6.07) is 0. The predicted molar refractivity (Wildman–Crippen MR) is 57.9 cm³/mol. The second-order valence-electron chi connectivity index (χ2n) is 4.99. The lowest BCUT2D eigenvalue weighted by atomic mass is 10.0. The van der Waals surface area contributed by atoms with Gasteiger partial charge in [0.2, 0.25) is 0 Å². The van der Waals surface area contributed by atoms with E-state index in [-0.39, 0.29) is 5.41 Å². The van der Waals surface area contributed by atoms with E-state index >= 15 is 0 Å². The number of rotatable bonds is 5. The van der Waals surface area contributed by atoms with Crippen molar-refractivity contribution in [3.05, 3.63) is 0 Å². The number of nitrogens with zero attached hydrogens (tertiary/aromatic N) is 1. The van der Waals surface area contributed by atoms with Gasteiger partial charge in [0.25, 0.3) is 0 Å². The van der Waals surface area contributed by atoms with Gasteiger partial charge < -0.3 is 15.7 Å². The van der Waals surface area contributed by atoms with Gasteiger partial charge in [-0.15, -0.1) is 0 Å². The molecule has 2 fully saturated rings. The van der Waals surface area contributed by atoms with Gasteiger partial charge in [-0.3, -0.25) is 0 Å². The quantitative estimate of drug-likeness (QED) is 0.316. The Morgan fingerprint density at radius 1 is 1.40 bits per heavy atom. The van der Waals surface area contributed by atoms with Gasteiger partial charge in [-0.1, -0.05) is 18.0 Å². The van der Waals surface area contributed by atoms with Gasteiger partial charge in [0.05, 0.1) is 12.7 Å². The normalized spacial score (nSPS) is 25.7. The first-order valence-corrected chi connectivity index (χ1v) is 5.82. The van der Waals surface area contributed by atoms with E-state index in [0.717, 1.165) is 19.4 Å². The first-order chi connectivity index (χ1) is 7.24. The molecule has 0 bridgehead atoms. The molecule has 0 aromatic carbocycles. The van der Waals surface area contributed by atoms with E-state index in [1.807, 2.05) is 0 Å². The highest BCUT2D eigenvalue weighted by Crippen LogP contribution is 2.49. The number of hydrogen-bond acceptors (Lipinski definition) is 3. The molecular weight excluding hydrogens is 192 g/mol. The molecule has 2 aliphatic carbocycles. The summed E-state index contributed by atoms with van der Waals surface area (Å²) in [6.07, 6.45) is 8.46. The van der Waals surface area contributed by atoms with Crippen LogP contribution in [0.3, 0.4) is 0 Å². The van der Waals surface area contributed by atoms with Crippen LogP contribution in [-0.4, -0.2) is 23.8 Å². The summed E-state index contributed by atoms with van der Waals surface area (Å²) in [6.45, 7) is 0.786.